The molecule has 4 N–H and O–H groups in total. The molecule has 2 rings (SSSR count). The van der Waals surface area contributed by atoms with Crippen molar-refractivity contribution in [1.29, 1.82) is 0 Å². The first-order valence-electron chi connectivity index (χ1n) is 6.19. The maximum absolute atomic E-state index is 12.0. The minimum Gasteiger partial charge on any atom is -0.352 e. The Labute approximate surface area is 117 Å². The highest BCUT2D eigenvalue weighted by Gasteiger charge is 2.20. The average molecular weight is 284 g/mol. The van der Waals surface area contributed by atoms with Crippen LogP contribution in [0.15, 0.2) is 12.3 Å². The van der Waals surface area contributed by atoms with Gasteiger partial charge in [-0.25, -0.2) is 10.8 Å². The van der Waals surface area contributed by atoms with E-state index in [0.717, 1.165) is 19.5 Å². The Bertz CT molecular complexity index is 467. The lowest BCUT2D eigenvalue weighted by Crippen LogP contribution is -2.30. The Morgan fingerprint density at radius 1 is 1.68 bits per heavy atom. The van der Waals surface area contributed by atoms with Crippen LogP contribution in [0.4, 0.5) is 5.82 Å². The molecule has 1 aromatic heterocycles. The van der Waals surface area contributed by atoms with Gasteiger partial charge in [0.15, 0.2) is 5.82 Å². The van der Waals surface area contributed by atoms with Crippen LogP contribution in [0.25, 0.3) is 0 Å². The molecule has 1 saturated heterocycles. The van der Waals surface area contributed by atoms with E-state index < -0.39 is 0 Å². The first-order chi connectivity index (χ1) is 9.10. The molecule has 2 heterocycles. The largest absolute Gasteiger partial charge is 0.352 e. The van der Waals surface area contributed by atoms with Gasteiger partial charge in [0.05, 0.1) is 10.6 Å². The summed E-state index contributed by atoms with van der Waals surface area (Å²) in [7, 11) is 2.09. The molecule has 1 fully saturated rings. The van der Waals surface area contributed by atoms with Crippen molar-refractivity contribution in [3.63, 3.8) is 0 Å². The number of carbonyl (C=O) groups excluding carboxylic acids is 1. The number of likely N-dealkylation sites (tertiary alicyclic amines) is 1. The first kappa shape index (κ1) is 14.0. The number of hydrogen-bond donors (Lipinski definition) is 3. The fraction of sp³-hybridized carbons (Fsp3) is 0.500. The maximum atomic E-state index is 12.0. The number of hydrazine groups is 1. The number of nitrogens with zero attached hydrogens (tertiary/aromatic N) is 2. The van der Waals surface area contributed by atoms with E-state index in [0.29, 0.717) is 28.9 Å². The fourth-order valence-electron chi connectivity index (χ4n) is 2.20. The number of amides is 1. The molecule has 1 unspecified atom stereocenters. The van der Waals surface area contributed by atoms with Gasteiger partial charge in [-0.2, -0.15) is 0 Å². The molecule has 6 nitrogen and oxygen atoms in total. The summed E-state index contributed by atoms with van der Waals surface area (Å²) in [6, 6.07) is 1.56. The lowest BCUT2D eigenvalue weighted by molar-refractivity contribution is 0.0947. The summed E-state index contributed by atoms with van der Waals surface area (Å²) in [4.78, 5) is 18.2. The van der Waals surface area contributed by atoms with E-state index in [1.807, 2.05) is 0 Å². The van der Waals surface area contributed by atoms with Gasteiger partial charge in [0.2, 0.25) is 0 Å². The molecule has 0 saturated carbocycles. The van der Waals surface area contributed by atoms with Gasteiger partial charge in [0.1, 0.15) is 0 Å². The van der Waals surface area contributed by atoms with Crippen molar-refractivity contribution in [2.45, 2.75) is 6.42 Å². The minimum atomic E-state index is -0.160. The van der Waals surface area contributed by atoms with E-state index in [-0.39, 0.29) is 5.91 Å². The molecule has 0 aliphatic carbocycles. The SMILES string of the molecule is CN1CCC(CNC(=O)c2cnc(NN)c(Cl)c2)C1. The highest BCUT2D eigenvalue weighted by Crippen LogP contribution is 2.19. The molecule has 104 valence electrons. The Morgan fingerprint density at radius 3 is 3.05 bits per heavy atom. The molecule has 1 atom stereocenters. The predicted octanol–water partition coefficient (Wildman–Crippen LogP) is 0.702. The van der Waals surface area contributed by atoms with Gasteiger partial charge >= 0.3 is 0 Å². The zero-order chi connectivity index (χ0) is 13.8. The van der Waals surface area contributed by atoms with E-state index in [4.69, 9.17) is 17.4 Å². The van der Waals surface area contributed by atoms with Crippen molar-refractivity contribution in [3.8, 4) is 0 Å². The summed E-state index contributed by atoms with van der Waals surface area (Å²) in [5, 5.41) is 3.24. The maximum Gasteiger partial charge on any atom is 0.252 e. The van der Waals surface area contributed by atoms with Gasteiger partial charge < -0.3 is 15.6 Å². The Morgan fingerprint density at radius 2 is 2.47 bits per heavy atom. The van der Waals surface area contributed by atoms with Crippen molar-refractivity contribution < 1.29 is 4.79 Å². The second-order valence-corrected chi connectivity index (χ2v) is 5.23. The highest BCUT2D eigenvalue weighted by atomic mass is 35.5. The molecule has 0 aromatic carbocycles. The van der Waals surface area contributed by atoms with Crippen LogP contribution in [0.5, 0.6) is 0 Å². The van der Waals surface area contributed by atoms with Crippen LogP contribution in [0.3, 0.4) is 0 Å². The summed E-state index contributed by atoms with van der Waals surface area (Å²) in [5.74, 6) is 5.94. The summed E-state index contributed by atoms with van der Waals surface area (Å²) in [5.41, 5.74) is 2.80. The molecule has 0 spiro atoms. The van der Waals surface area contributed by atoms with E-state index in [9.17, 15) is 4.79 Å². The van der Waals surface area contributed by atoms with Gasteiger partial charge in [0.25, 0.3) is 5.91 Å². The molecule has 1 aliphatic heterocycles. The number of rotatable bonds is 4. The zero-order valence-corrected chi connectivity index (χ0v) is 11.6. The number of pyridine rings is 1. The van der Waals surface area contributed by atoms with Crippen LogP contribution in [0, 0.1) is 5.92 Å². The molecule has 0 radical (unpaired) electrons. The number of anilines is 1. The fourth-order valence-corrected chi connectivity index (χ4v) is 2.42. The minimum absolute atomic E-state index is 0.160. The Balaban J connectivity index is 1.91. The zero-order valence-electron chi connectivity index (χ0n) is 10.8. The molecule has 1 aliphatic rings. The van der Waals surface area contributed by atoms with Crippen molar-refractivity contribution >= 4 is 23.3 Å². The molecular weight excluding hydrogens is 266 g/mol. The Kier molecular flexibility index (Phi) is 4.57. The third kappa shape index (κ3) is 3.56. The quantitative estimate of drug-likeness (QED) is 0.560. The van der Waals surface area contributed by atoms with E-state index >= 15 is 0 Å². The Hall–Kier alpha value is -1.37. The smallest absolute Gasteiger partial charge is 0.252 e. The van der Waals surface area contributed by atoms with Crippen molar-refractivity contribution in [3.05, 3.63) is 22.8 Å². The van der Waals surface area contributed by atoms with Crippen molar-refractivity contribution in [1.82, 2.24) is 15.2 Å². The average Bonchev–Trinajstić information content (AvgIpc) is 2.81. The van der Waals surface area contributed by atoms with Crippen LogP contribution < -0.4 is 16.6 Å². The number of nitrogens with two attached hydrogens (primary N) is 1. The first-order valence-corrected chi connectivity index (χ1v) is 6.57. The molecule has 0 bridgehead atoms. The number of hydrogen-bond acceptors (Lipinski definition) is 5. The third-order valence-electron chi connectivity index (χ3n) is 3.28. The van der Waals surface area contributed by atoms with Gasteiger partial charge in [0, 0.05) is 19.3 Å². The topological polar surface area (TPSA) is 83.3 Å². The van der Waals surface area contributed by atoms with Gasteiger partial charge in [-0.3, -0.25) is 4.79 Å². The third-order valence-corrected chi connectivity index (χ3v) is 3.57. The summed E-state index contributed by atoms with van der Waals surface area (Å²) >= 11 is 5.93. The molecule has 1 aromatic rings. The predicted molar refractivity (Wildman–Crippen MR) is 75.0 cm³/mol. The molecular formula is C12H18ClN5O. The van der Waals surface area contributed by atoms with Crippen molar-refractivity contribution in [2.24, 2.45) is 11.8 Å². The lowest BCUT2D eigenvalue weighted by Gasteiger charge is -2.12. The standard InChI is InChI=1S/C12H18ClN5O/c1-18-3-2-8(7-18)5-16-12(19)9-4-10(13)11(17-14)15-6-9/h4,6,8H,2-3,5,7,14H2,1H3,(H,15,17)(H,16,19). The number of carbonyl (C=O) groups is 1. The van der Waals surface area contributed by atoms with Crippen LogP contribution in [0.2, 0.25) is 5.02 Å². The summed E-state index contributed by atoms with van der Waals surface area (Å²) < 4.78 is 0. The van der Waals surface area contributed by atoms with Crippen molar-refractivity contribution in [2.75, 3.05) is 32.1 Å². The van der Waals surface area contributed by atoms with Crippen LogP contribution in [-0.4, -0.2) is 42.5 Å². The monoisotopic (exact) mass is 283 g/mol. The van der Waals surface area contributed by atoms with E-state index in [1.54, 1.807) is 6.07 Å². The molecule has 19 heavy (non-hydrogen) atoms. The summed E-state index contributed by atoms with van der Waals surface area (Å²) in [6.07, 6.45) is 2.57. The van der Waals surface area contributed by atoms with E-state index in [1.165, 1.54) is 6.20 Å². The summed E-state index contributed by atoms with van der Waals surface area (Å²) in [6.45, 7) is 2.79. The van der Waals surface area contributed by atoms with Crippen LogP contribution in [-0.2, 0) is 0 Å². The van der Waals surface area contributed by atoms with E-state index in [2.05, 4.69) is 27.7 Å². The number of halogens is 1. The number of nitrogens with one attached hydrogen (secondary N) is 2. The molecule has 7 heteroatoms. The van der Waals surface area contributed by atoms with Crippen LogP contribution >= 0.6 is 11.6 Å². The second kappa shape index (κ2) is 6.18. The van der Waals surface area contributed by atoms with Gasteiger partial charge in [-0.1, -0.05) is 11.6 Å². The molecule has 1 amide bonds. The number of nitrogen functional groups attached to an aromatic ring is 1. The lowest BCUT2D eigenvalue weighted by atomic mass is 10.1. The number of aromatic nitrogens is 1. The van der Waals surface area contributed by atoms with Gasteiger partial charge in [-0.15, -0.1) is 0 Å². The second-order valence-electron chi connectivity index (χ2n) is 4.83. The van der Waals surface area contributed by atoms with Gasteiger partial charge in [-0.05, 0) is 32.0 Å². The normalized spacial score (nSPS) is 19.4. The van der Waals surface area contributed by atoms with Crippen LogP contribution in [0.1, 0.15) is 16.8 Å². The highest BCUT2D eigenvalue weighted by molar-refractivity contribution is 6.33.